The smallest absolute Gasteiger partial charge is 0.0564 e. The van der Waals surface area contributed by atoms with Gasteiger partial charge in [-0.3, -0.25) is 9.88 Å². The van der Waals surface area contributed by atoms with E-state index < -0.39 is 0 Å². The SMILES string of the molecule is CC(C)CC(C)N(C)Cc1cc(N)ccn1. The first-order chi connectivity index (χ1) is 7.49. The summed E-state index contributed by atoms with van der Waals surface area (Å²) in [5, 5.41) is 0. The first-order valence-corrected chi connectivity index (χ1v) is 5.89. The molecule has 0 saturated carbocycles. The Labute approximate surface area is 98.7 Å². The summed E-state index contributed by atoms with van der Waals surface area (Å²) in [5.74, 6) is 0.728. The monoisotopic (exact) mass is 221 g/mol. The van der Waals surface area contributed by atoms with E-state index in [1.54, 1.807) is 6.20 Å². The van der Waals surface area contributed by atoms with Crippen LogP contribution in [0, 0.1) is 5.92 Å². The topological polar surface area (TPSA) is 42.1 Å². The molecular weight excluding hydrogens is 198 g/mol. The molecule has 1 aromatic rings. The van der Waals surface area contributed by atoms with Gasteiger partial charge in [0.1, 0.15) is 0 Å². The number of rotatable bonds is 5. The first kappa shape index (κ1) is 13.0. The van der Waals surface area contributed by atoms with Gasteiger partial charge in [-0.2, -0.15) is 0 Å². The summed E-state index contributed by atoms with van der Waals surface area (Å²) in [6.45, 7) is 7.62. The molecule has 0 aromatic carbocycles. The second-order valence-corrected chi connectivity index (χ2v) is 4.97. The lowest BCUT2D eigenvalue weighted by atomic mass is 10.0. The van der Waals surface area contributed by atoms with E-state index in [1.807, 2.05) is 12.1 Å². The lowest BCUT2D eigenvalue weighted by Crippen LogP contribution is -2.30. The van der Waals surface area contributed by atoms with Crippen LogP contribution in [-0.2, 0) is 6.54 Å². The molecule has 1 atom stereocenters. The van der Waals surface area contributed by atoms with Crippen molar-refractivity contribution in [2.45, 2.75) is 39.8 Å². The highest BCUT2D eigenvalue weighted by Crippen LogP contribution is 2.12. The molecule has 0 saturated heterocycles. The molecule has 0 aliphatic rings. The maximum Gasteiger partial charge on any atom is 0.0564 e. The summed E-state index contributed by atoms with van der Waals surface area (Å²) in [6.07, 6.45) is 2.98. The molecule has 1 rings (SSSR count). The third-order valence-corrected chi connectivity index (χ3v) is 2.82. The van der Waals surface area contributed by atoms with Crippen molar-refractivity contribution in [2.75, 3.05) is 12.8 Å². The molecule has 0 spiro atoms. The van der Waals surface area contributed by atoms with E-state index >= 15 is 0 Å². The van der Waals surface area contributed by atoms with Crippen molar-refractivity contribution in [3.63, 3.8) is 0 Å². The Morgan fingerprint density at radius 3 is 2.62 bits per heavy atom. The Morgan fingerprint density at radius 1 is 1.38 bits per heavy atom. The van der Waals surface area contributed by atoms with Crippen LogP contribution in [0.1, 0.15) is 32.9 Å². The molecule has 1 heterocycles. The predicted molar refractivity (Wildman–Crippen MR) is 69.0 cm³/mol. The number of aromatic nitrogens is 1. The summed E-state index contributed by atoms with van der Waals surface area (Å²) >= 11 is 0. The molecule has 1 unspecified atom stereocenters. The Bertz CT molecular complexity index is 323. The van der Waals surface area contributed by atoms with Crippen molar-refractivity contribution in [1.82, 2.24) is 9.88 Å². The fourth-order valence-electron chi connectivity index (χ4n) is 1.86. The third-order valence-electron chi connectivity index (χ3n) is 2.82. The van der Waals surface area contributed by atoms with Gasteiger partial charge in [-0.1, -0.05) is 13.8 Å². The van der Waals surface area contributed by atoms with Gasteiger partial charge >= 0.3 is 0 Å². The number of nitrogen functional groups attached to an aromatic ring is 1. The summed E-state index contributed by atoms with van der Waals surface area (Å²) < 4.78 is 0. The molecule has 3 nitrogen and oxygen atoms in total. The van der Waals surface area contributed by atoms with Crippen molar-refractivity contribution < 1.29 is 0 Å². The van der Waals surface area contributed by atoms with Crippen molar-refractivity contribution in [3.8, 4) is 0 Å². The molecule has 1 aromatic heterocycles. The van der Waals surface area contributed by atoms with Crippen molar-refractivity contribution in [2.24, 2.45) is 5.92 Å². The summed E-state index contributed by atoms with van der Waals surface area (Å²) in [4.78, 5) is 6.64. The molecule has 2 N–H and O–H groups in total. The Morgan fingerprint density at radius 2 is 2.06 bits per heavy atom. The molecule has 3 heteroatoms. The quantitative estimate of drug-likeness (QED) is 0.830. The van der Waals surface area contributed by atoms with Crippen LogP contribution in [0.2, 0.25) is 0 Å². The van der Waals surface area contributed by atoms with E-state index in [9.17, 15) is 0 Å². The molecule has 0 aliphatic heterocycles. The van der Waals surface area contributed by atoms with Gasteiger partial charge in [0.15, 0.2) is 0 Å². The average molecular weight is 221 g/mol. The van der Waals surface area contributed by atoms with E-state index in [4.69, 9.17) is 5.73 Å². The minimum Gasteiger partial charge on any atom is -0.399 e. The van der Waals surface area contributed by atoms with Gasteiger partial charge in [-0.05, 0) is 38.4 Å². The van der Waals surface area contributed by atoms with Crippen LogP contribution in [0.25, 0.3) is 0 Å². The van der Waals surface area contributed by atoms with Crippen LogP contribution >= 0.6 is 0 Å². The summed E-state index contributed by atoms with van der Waals surface area (Å²) in [5.41, 5.74) is 7.56. The van der Waals surface area contributed by atoms with Gasteiger partial charge in [0, 0.05) is 24.5 Å². The van der Waals surface area contributed by atoms with Gasteiger partial charge in [0.25, 0.3) is 0 Å². The molecule has 16 heavy (non-hydrogen) atoms. The number of hydrogen-bond donors (Lipinski definition) is 1. The lowest BCUT2D eigenvalue weighted by molar-refractivity contribution is 0.218. The van der Waals surface area contributed by atoms with Gasteiger partial charge in [0.2, 0.25) is 0 Å². The second kappa shape index (κ2) is 5.85. The van der Waals surface area contributed by atoms with Crippen LogP contribution in [0.5, 0.6) is 0 Å². The molecule has 0 aliphatic carbocycles. The van der Waals surface area contributed by atoms with E-state index in [0.29, 0.717) is 6.04 Å². The van der Waals surface area contributed by atoms with Crippen LogP contribution in [0.4, 0.5) is 5.69 Å². The Kier molecular flexibility index (Phi) is 4.74. The van der Waals surface area contributed by atoms with Crippen molar-refractivity contribution in [3.05, 3.63) is 24.0 Å². The highest BCUT2D eigenvalue weighted by Gasteiger charge is 2.11. The minimum atomic E-state index is 0.572. The maximum atomic E-state index is 5.73. The van der Waals surface area contributed by atoms with Crippen LogP contribution in [0.3, 0.4) is 0 Å². The van der Waals surface area contributed by atoms with Crippen molar-refractivity contribution >= 4 is 5.69 Å². The number of pyridine rings is 1. The molecule has 0 amide bonds. The summed E-state index contributed by atoms with van der Waals surface area (Å²) in [7, 11) is 2.14. The van der Waals surface area contributed by atoms with Crippen LogP contribution in [0.15, 0.2) is 18.3 Å². The number of hydrogen-bond acceptors (Lipinski definition) is 3. The van der Waals surface area contributed by atoms with Gasteiger partial charge in [-0.25, -0.2) is 0 Å². The Hall–Kier alpha value is -1.09. The summed E-state index contributed by atoms with van der Waals surface area (Å²) in [6, 6.07) is 4.34. The fourth-order valence-corrected chi connectivity index (χ4v) is 1.86. The van der Waals surface area contributed by atoms with Crippen LogP contribution < -0.4 is 5.73 Å². The molecular formula is C13H23N3. The van der Waals surface area contributed by atoms with E-state index in [2.05, 4.69) is 37.7 Å². The number of nitrogens with zero attached hydrogens (tertiary/aromatic N) is 2. The van der Waals surface area contributed by atoms with Gasteiger partial charge in [0.05, 0.1) is 5.69 Å². The van der Waals surface area contributed by atoms with E-state index in [0.717, 1.165) is 23.8 Å². The lowest BCUT2D eigenvalue weighted by Gasteiger charge is -2.25. The first-order valence-electron chi connectivity index (χ1n) is 5.89. The zero-order valence-corrected chi connectivity index (χ0v) is 10.8. The third kappa shape index (κ3) is 4.19. The fraction of sp³-hybridized carbons (Fsp3) is 0.615. The van der Waals surface area contributed by atoms with Gasteiger partial charge < -0.3 is 5.73 Å². The molecule has 0 radical (unpaired) electrons. The predicted octanol–water partition coefficient (Wildman–Crippen LogP) is 2.53. The molecule has 0 fully saturated rings. The van der Waals surface area contributed by atoms with Gasteiger partial charge in [-0.15, -0.1) is 0 Å². The van der Waals surface area contributed by atoms with Crippen LogP contribution in [-0.4, -0.2) is 23.0 Å². The maximum absolute atomic E-state index is 5.73. The number of nitrogens with two attached hydrogens (primary N) is 1. The van der Waals surface area contributed by atoms with E-state index in [1.165, 1.54) is 6.42 Å². The zero-order valence-electron chi connectivity index (χ0n) is 10.8. The molecule has 90 valence electrons. The largest absolute Gasteiger partial charge is 0.399 e. The van der Waals surface area contributed by atoms with E-state index in [-0.39, 0.29) is 0 Å². The minimum absolute atomic E-state index is 0.572. The molecule has 0 bridgehead atoms. The number of anilines is 1. The normalized spacial score (nSPS) is 13.4. The highest BCUT2D eigenvalue weighted by atomic mass is 15.1. The Balaban J connectivity index is 2.53. The average Bonchev–Trinajstić information content (AvgIpc) is 2.16. The zero-order chi connectivity index (χ0) is 12.1. The standard InChI is InChI=1S/C13H23N3/c1-10(2)7-11(3)16(4)9-13-8-12(14)5-6-15-13/h5-6,8,10-11H,7,9H2,1-4H3,(H2,14,15). The van der Waals surface area contributed by atoms with Crippen molar-refractivity contribution in [1.29, 1.82) is 0 Å². The highest BCUT2D eigenvalue weighted by molar-refractivity contribution is 5.37. The second-order valence-electron chi connectivity index (χ2n) is 4.97.